The van der Waals surface area contributed by atoms with Crippen LogP contribution in [0.1, 0.15) is 290 Å². The fourth-order valence-electron chi connectivity index (χ4n) is 8.90. The number of carbonyl (C=O) groups excluding carboxylic acids is 1. The molecule has 3 N–H and O–H groups in total. The fourth-order valence-corrected chi connectivity index (χ4v) is 9.63. The summed E-state index contributed by atoms with van der Waals surface area (Å²) in [5, 5.41) is 13.9. The Hall–Kier alpha value is -1.28. The smallest absolute Gasteiger partial charge is 0.387 e. The lowest BCUT2D eigenvalue weighted by atomic mass is 10.0. The zero-order valence-corrected chi connectivity index (χ0v) is 47.5. The number of hydrogen-bond acceptors (Lipinski definition) is 5. The second-order valence-electron chi connectivity index (χ2n) is 21.7. The molecule has 1 amide bonds. The van der Waals surface area contributed by atoms with Gasteiger partial charge in [-0.05, 0) is 51.4 Å². The first-order valence-electron chi connectivity index (χ1n) is 29.9. The standard InChI is InChI=1S/C60H117N2O6P/c1-6-8-10-12-14-16-18-20-22-23-24-25-26-27-28-29-30-31-32-33-34-35-36-37-38-39-40-42-44-46-48-50-52-54-60(64)61-58(57-68-69(65,66)67-56-55-62(3,4)5)59(63)53-51-49-47-45-43-41-21-19-17-15-13-11-9-7-2/h18,20,23-24,51,53,58-59,63H,6-17,19,21-22,25-50,52,54-57H2,1-5H3,(H-,61,64,65,66)/p+1/b20-18-,24-23-,53-51+. The van der Waals surface area contributed by atoms with E-state index in [1.165, 1.54) is 225 Å². The lowest BCUT2D eigenvalue weighted by Crippen LogP contribution is -2.45. The Morgan fingerprint density at radius 2 is 0.826 bits per heavy atom. The van der Waals surface area contributed by atoms with E-state index in [0.717, 1.165) is 44.9 Å². The van der Waals surface area contributed by atoms with Gasteiger partial charge in [-0.15, -0.1) is 0 Å². The van der Waals surface area contributed by atoms with Gasteiger partial charge in [-0.25, -0.2) is 4.57 Å². The van der Waals surface area contributed by atoms with Crippen molar-refractivity contribution in [3.8, 4) is 0 Å². The van der Waals surface area contributed by atoms with E-state index >= 15 is 0 Å². The average molecular weight is 995 g/mol. The summed E-state index contributed by atoms with van der Waals surface area (Å²) in [6.07, 6.45) is 66.9. The summed E-state index contributed by atoms with van der Waals surface area (Å²) in [7, 11) is 1.58. The van der Waals surface area contributed by atoms with E-state index in [9.17, 15) is 19.4 Å². The molecule has 0 heterocycles. The van der Waals surface area contributed by atoms with E-state index < -0.39 is 20.0 Å². The van der Waals surface area contributed by atoms with Gasteiger partial charge < -0.3 is 19.8 Å². The number of phosphoric ester groups is 1. The molecule has 3 atom stereocenters. The van der Waals surface area contributed by atoms with Crippen LogP contribution in [0.15, 0.2) is 36.5 Å². The molecule has 9 heteroatoms. The molecule has 0 saturated heterocycles. The van der Waals surface area contributed by atoms with Crippen molar-refractivity contribution >= 4 is 13.7 Å². The van der Waals surface area contributed by atoms with Crippen LogP contribution in [-0.4, -0.2) is 73.4 Å². The SMILES string of the molecule is CCCCCCC/C=C\C/C=C\CCCCCCCCCCCCCCCCCCCCCCCC(=O)NC(COP(=O)(O)OCC[N+](C)(C)C)C(O)/C=C/CCCCCCCCCCCCCC. The molecule has 69 heavy (non-hydrogen) atoms. The van der Waals surface area contributed by atoms with Gasteiger partial charge in [0.1, 0.15) is 13.2 Å². The third kappa shape index (κ3) is 54.3. The highest BCUT2D eigenvalue weighted by Crippen LogP contribution is 2.43. The predicted molar refractivity (Wildman–Crippen MR) is 300 cm³/mol. The Bertz CT molecular complexity index is 1220. The summed E-state index contributed by atoms with van der Waals surface area (Å²) in [5.74, 6) is -0.173. The number of likely N-dealkylation sites (N-methyl/N-ethyl adjacent to an activating group) is 1. The van der Waals surface area contributed by atoms with Crippen LogP contribution in [0.25, 0.3) is 0 Å². The van der Waals surface area contributed by atoms with Gasteiger partial charge in [-0.1, -0.05) is 269 Å². The van der Waals surface area contributed by atoms with Crippen LogP contribution in [0.3, 0.4) is 0 Å². The Morgan fingerprint density at radius 3 is 1.19 bits per heavy atom. The average Bonchev–Trinajstić information content (AvgIpc) is 3.31. The molecule has 0 fully saturated rings. The van der Waals surface area contributed by atoms with Crippen LogP contribution >= 0.6 is 7.82 Å². The van der Waals surface area contributed by atoms with Crippen LogP contribution in [-0.2, 0) is 18.4 Å². The molecule has 0 aromatic heterocycles. The number of hydrogen-bond donors (Lipinski definition) is 3. The molecule has 0 aromatic carbocycles. The van der Waals surface area contributed by atoms with E-state index in [2.05, 4.69) is 43.5 Å². The lowest BCUT2D eigenvalue weighted by molar-refractivity contribution is -0.870. The summed E-state index contributed by atoms with van der Waals surface area (Å²) in [4.78, 5) is 23.3. The summed E-state index contributed by atoms with van der Waals surface area (Å²) in [6.45, 7) is 4.83. The van der Waals surface area contributed by atoms with Crippen molar-refractivity contribution in [2.24, 2.45) is 0 Å². The Kier molecular flexibility index (Phi) is 50.7. The Labute approximate surface area is 429 Å². The molecular formula is C60H118N2O6P+. The molecule has 0 bridgehead atoms. The van der Waals surface area contributed by atoms with Crippen molar-refractivity contribution in [3.63, 3.8) is 0 Å². The number of aliphatic hydroxyl groups is 1. The molecule has 0 rings (SSSR count). The molecule has 0 aliphatic heterocycles. The molecule has 0 aliphatic rings. The van der Waals surface area contributed by atoms with Crippen molar-refractivity contribution < 1.29 is 32.9 Å². The molecular weight excluding hydrogens is 876 g/mol. The van der Waals surface area contributed by atoms with Gasteiger partial charge in [0.15, 0.2) is 0 Å². The normalized spacial score (nSPS) is 14.1. The predicted octanol–water partition coefficient (Wildman–Crippen LogP) is 18.2. The highest BCUT2D eigenvalue weighted by molar-refractivity contribution is 7.47. The van der Waals surface area contributed by atoms with E-state index in [4.69, 9.17) is 9.05 Å². The maximum Gasteiger partial charge on any atom is 0.472 e. The molecule has 0 radical (unpaired) electrons. The first-order valence-corrected chi connectivity index (χ1v) is 31.4. The first-order chi connectivity index (χ1) is 33.5. The molecule has 3 unspecified atom stereocenters. The second-order valence-corrected chi connectivity index (χ2v) is 23.2. The molecule has 0 aliphatic carbocycles. The number of rotatable bonds is 55. The molecule has 0 aromatic rings. The van der Waals surface area contributed by atoms with Crippen molar-refractivity contribution in [1.82, 2.24) is 5.32 Å². The number of allylic oxidation sites excluding steroid dienone is 5. The maximum absolute atomic E-state index is 13.0. The van der Waals surface area contributed by atoms with Crippen molar-refractivity contribution in [2.45, 2.75) is 302 Å². The third-order valence-electron chi connectivity index (χ3n) is 13.6. The van der Waals surface area contributed by atoms with E-state index in [0.29, 0.717) is 17.4 Å². The van der Waals surface area contributed by atoms with Gasteiger partial charge in [0.2, 0.25) is 5.91 Å². The second kappa shape index (κ2) is 51.6. The number of carbonyl (C=O) groups is 1. The molecule has 0 saturated carbocycles. The van der Waals surface area contributed by atoms with Crippen LogP contribution in [0.2, 0.25) is 0 Å². The number of aliphatic hydroxyl groups excluding tert-OH is 1. The lowest BCUT2D eigenvalue weighted by Gasteiger charge is -2.25. The molecule has 8 nitrogen and oxygen atoms in total. The van der Waals surface area contributed by atoms with Gasteiger partial charge in [0, 0.05) is 6.42 Å². The van der Waals surface area contributed by atoms with E-state index in [-0.39, 0.29) is 19.1 Å². The van der Waals surface area contributed by atoms with Gasteiger partial charge in [-0.3, -0.25) is 13.8 Å². The largest absolute Gasteiger partial charge is 0.472 e. The van der Waals surface area contributed by atoms with Crippen LogP contribution in [0.5, 0.6) is 0 Å². The van der Waals surface area contributed by atoms with Gasteiger partial charge >= 0.3 is 7.82 Å². The zero-order chi connectivity index (χ0) is 50.6. The summed E-state index contributed by atoms with van der Waals surface area (Å²) < 4.78 is 23.7. The fraction of sp³-hybridized carbons (Fsp3) is 0.883. The van der Waals surface area contributed by atoms with Crippen molar-refractivity contribution in [3.05, 3.63) is 36.5 Å². The summed E-state index contributed by atoms with van der Waals surface area (Å²) in [5.41, 5.74) is 0. The molecule has 0 spiro atoms. The number of nitrogens with one attached hydrogen (secondary N) is 1. The third-order valence-corrected chi connectivity index (χ3v) is 14.6. The summed E-state index contributed by atoms with van der Waals surface area (Å²) >= 11 is 0. The van der Waals surface area contributed by atoms with Crippen LogP contribution < -0.4 is 5.32 Å². The summed E-state index contributed by atoms with van der Waals surface area (Å²) in [6, 6.07) is -0.844. The van der Waals surface area contributed by atoms with Gasteiger partial charge in [-0.2, -0.15) is 0 Å². The van der Waals surface area contributed by atoms with Gasteiger partial charge in [0.25, 0.3) is 0 Å². The topological polar surface area (TPSA) is 105 Å². The van der Waals surface area contributed by atoms with Crippen LogP contribution in [0.4, 0.5) is 0 Å². The van der Waals surface area contributed by atoms with Gasteiger partial charge in [0.05, 0.1) is 39.9 Å². The minimum Gasteiger partial charge on any atom is -0.387 e. The minimum absolute atomic E-state index is 0.0633. The first kappa shape index (κ1) is 67.7. The van der Waals surface area contributed by atoms with E-state index in [1.807, 2.05) is 27.2 Å². The minimum atomic E-state index is -4.34. The Morgan fingerprint density at radius 1 is 0.493 bits per heavy atom. The highest BCUT2D eigenvalue weighted by atomic mass is 31.2. The van der Waals surface area contributed by atoms with E-state index in [1.54, 1.807) is 6.08 Å². The number of amides is 1. The number of phosphoric acid groups is 1. The van der Waals surface area contributed by atoms with Crippen molar-refractivity contribution in [2.75, 3.05) is 40.9 Å². The number of nitrogens with zero attached hydrogens (tertiary/aromatic N) is 1. The number of quaternary nitrogens is 1. The van der Waals surface area contributed by atoms with Crippen molar-refractivity contribution in [1.29, 1.82) is 0 Å². The quantitative estimate of drug-likeness (QED) is 0.0243. The zero-order valence-electron chi connectivity index (χ0n) is 46.6. The Balaban J connectivity index is 4.00. The maximum atomic E-state index is 13.0. The van der Waals surface area contributed by atoms with Crippen LogP contribution in [0, 0.1) is 0 Å². The monoisotopic (exact) mass is 994 g/mol. The number of unbranched alkanes of at least 4 members (excludes halogenated alkanes) is 38. The molecule has 408 valence electrons. The highest BCUT2D eigenvalue weighted by Gasteiger charge is 2.27.